The third-order valence-corrected chi connectivity index (χ3v) is 8.75. The van der Waals surface area contributed by atoms with E-state index in [9.17, 15) is 21.6 Å². The molecule has 3 rings (SSSR count). The van der Waals surface area contributed by atoms with Crippen LogP contribution in [0.2, 0.25) is 0 Å². The molecule has 2 heterocycles. The maximum Gasteiger partial charge on any atom is 0.244 e. The van der Waals surface area contributed by atoms with Crippen LogP contribution in [0.25, 0.3) is 0 Å². The van der Waals surface area contributed by atoms with Crippen molar-refractivity contribution in [2.45, 2.75) is 27.0 Å². The number of nitrogens with two attached hydrogens (primary N) is 1. The predicted octanol–water partition coefficient (Wildman–Crippen LogP) is 0.784. The zero-order valence-electron chi connectivity index (χ0n) is 17.6. The van der Waals surface area contributed by atoms with Gasteiger partial charge in [0.25, 0.3) is 0 Å². The van der Waals surface area contributed by atoms with Gasteiger partial charge >= 0.3 is 0 Å². The van der Waals surface area contributed by atoms with Crippen molar-refractivity contribution in [1.29, 1.82) is 0 Å². The topological polar surface area (TPSA) is 143 Å². The summed E-state index contributed by atoms with van der Waals surface area (Å²) in [6, 6.07) is 8.71. The highest BCUT2D eigenvalue weighted by Gasteiger charge is 2.28. The van der Waals surface area contributed by atoms with Crippen LogP contribution < -0.4 is 10.5 Å². The number of nitrogens with one attached hydrogen (secondary N) is 1. The van der Waals surface area contributed by atoms with Crippen molar-refractivity contribution >= 4 is 43.4 Å². The van der Waals surface area contributed by atoms with Gasteiger partial charge in [0.2, 0.25) is 26.0 Å². The molecule has 1 unspecified atom stereocenters. The molecule has 0 aliphatic carbocycles. The Hall–Kier alpha value is -2.03. The average Bonchev–Trinajstić information content (AvgIpc) is 2.74. The number of rotatable bonds is 7. The summed E-state index contributed by atoms with van der Waals surface area (Å²) in [6.45, 7) is 3.87. The predicted molar refractivity (Wildman–Crippen MR) is 122 cm³/mol. The van der Waals surface area contributed by atoms with Crippen LogP contribution in [-0.2, 0) is 24.8 Å². The maximum absolute atomic E-state index is 12.8. The second-order valence-electron chi connectivity index (χ2n) is 7.36. The van der Waals surface area contributed by atoms with Crippen LogP contribution in [0.4, 0.5) is 5.69 Å². The molecule has 0 saturated carbocycles. The minimum atomic E-state index is -3.88. The number of carbonyl (C=O) groups excluding carboxylic acids is 1. The molecule has 0 spiro atoms. The number of amides is 1. The van der Waals surface area contributed by atoms with Crippen LogP contribution in [0.3, 0.4) is 0 Å². The monoisotopic (exact) mass is 499 g/mol. The second-order valence-corrected chi connectivity index (χ2v) is 12.2. The summed E-state index contributed by atoms with van der Waals surface area (Å²) in [5.41, 5.74) is 0.301. The number of pyridine rings is 1. The lowest BCUT2D eigenvalue weighted by Crippen LogP contribution is -2.47. The first-order chi connectivity index (χ1) is 15.0. The highest BCUT2D eigenvalue weighted by atomic mass is 32.2. The van der Waals surface area contributed by atoms with Crippen LogP contribution in [0.1, 0.15) is 6.92 Å². The number of carbonyl (C=O) groups is 1. The van der Waals surface area contributed by atoms with Gasteiger partial charge in [-0.25, -0.2) is 27.0 Å². The second kappa shape index (κ2) is 9.85. The molecule has 1 aliphatic heterocycles. The van der Waals surface area contributed by atoms with E-state index in [1.165, 1.54) is 34.8 Å². The fraction of sp³-hybridized carbons (Fsp3) is 0.368. The van der Waals surface area contributed by atoms with Crippen molar-refractivity contribution in [1.82, 2.24) is 14.2 Å². The van der Waals surface area contributed by atoms with Gasteiger partial charge in [-0.05, 0) is 44.3 Å². The SMILES string of the molecule is CC(Sc1ccc(S(=O)(=O)N2CCN(C)CC2)cn1)C(=O)Nc1cccc(S(N)(=O)=O)c1. The fourth-order valence-electron chi connectivity index (χ4n) is 3.00. The highest BCUT2D eigenvalue weighted by molar-refractivity contribution is 8.00. The van der Waals surface area contributed by atoms with E-state index in [4.69, 9.17) is 5.14 Å². The zero-order chi connectivity index (χ0) is 23.5. The summed E-state index contributed by atoms with van der Waals surface area (Å²) < 4.78 is 49.9. The molecule has 174 valence electrons. The highest BCUT2D eigenvalue weighted by Crippen LogP contribution is 2.25. The number of likely N-dealkylation sites (N-methyl/N-ethyl adjacent to an activating group) is 1. The number of hydrogen-bond acceptors (Lipinski definition) is 8. The molecule has 1 amide bonds. The number of aromatic nitrogens is 1. The molecule has 3 N–H and O–H groups in total. The number of nitrogens with zero attached hydrogens (tertiary/aromatic N) is 3. The molecule has 1 fully saturated rings. The van der Waals surface area contributed by atoms with Crippen LogP contribution in [0.15, 0.2) is 57.4 Å². The van der Waals surface area contributed by atoms with Gasteiger partial charge in [0.05, 0.1) is 15.2 Å². The molecule has 0 radical (unpaired) electrons. The first kappa shape index (κ1) is 24.6. The normalized spacial score (nSPS) is 17.1. The van der Waals surface area contributed by atoms with E-state index in [2.05, 4.69) is 15.2 Å². The van der Waals surface area contributed by atoms with E-state index in [1.807, 2.05) is 7.05 Å². The van der Waals surface area contributed by atoms with Gasteiger partial charge in [0.1, 0.15) is 4.90 Å². The Morgan fingerprint density at radius 2 is 1.78 bits per heavy atom. The maximum atomic E-state index is 12.8. The van der Waals surface area contributed by atoms with E-state index in [1.54, 1.807) is 19.1 Å². The average molecular weight is 500 g/mol. The molecule has 1 aliphatic rings. The number of hydrogen-bond donors (Lipinski definition) is 2. The third-order valence-electron chi connectivity index (χ3n) is 4.91. The molecule has 0 bridgehead atoms. The molecule has 13 heteroatoms. The van der Waals surface area contributed by atoms with Crippen LogP contribution in [0, 0.1) is 0 Å². The Morgan fingerprint density at radius 3 is 2.38 bits per heavy atom. The molecule has 1 saturated heterocycles. The Balaban J connectivity index is 1.63. The van der Waals surface area contributed by atoms with Gasteiger partial charge in [0, 0.05) is 38.1 Å². The Bertz CT molecular complexity index is 1180. The van der Waals surface area contributed by atoms with Gasteiger partial charge in [-0.2, -0.15) is 4.31 Å². The Morgan fingerprint density at radius 1 is 1.09 bits per heavy atom. The standard InChI is InChI=1S/C19H25N5O5S3/c1-14(19(25)22-15-4-3-5-16(12-15)31(20,26)27)30-18-7-6-17(13-21-18)32(28,29)24-10-8-23(2)9-11-24/h3-7,12-14H,8-11H2,1-2H3,(H,22,25)(H2,20,26,27). The number of thioether (sulfide) groups is 1. The minimum Gasteiger partial charge on any atom is -0.325 e. The summed E-state index contributed by atoms with van der Waals surface area (Å²) in [5.74, 6) is -0.363. The van der Waals surface area contributed by atoms with Gasteiger partial charge in [-0.3, -0.25) is 4.79 Å². The van der Waals surface area contributed by atoms with E-state index < -0.39 is 25.3 Å². The van der Waals surface area contributed by atoms with Gasteiger partial charge < -0.3 is 10.2 Å². The Kier molecular flexibility index (Phi) is 7.57. The summed E-state index contributed by atoms with van der Waals surface area (Å²) in [5, 5.41) is 7.68. The van der Waals surface area contributed by atoms with Crippen LogP contribution in [0.5, 0.6) is 0 Å². The van der Waals surface area contributed by atoms with Crippen LogP contribution >= 0.6 is 11.8 Å². The lowest BCUT2D eigenvalue weighted by Gasteiger charge is -2.31. The number of benzene rings is 1. The molecular weight excluding hydrogens is 474 g/mol. The van der Waals surface area contributed by atoms with Crippen molar-refractivity contribution in [3.05, 3.63) is 42.6 Å². The lowest BCUT2D eigenvalue weighted by atomic mass is 10.3. The molecule has 1 atom stereocenters. The molecule has 1 aromatic carbocycles. The number of primary sulfonamides is 1. The van der Waals surface area contributed by atoms with Crippen molar-refractivity contribution in [3.63, 3.8) is 0 Å². The molecule has 10 nitrogen and oxygen atoms in total. The fourth-order valence-corrected chi connectivity index (χ4v) is 5.71. The first-order valence-electron chi connectivity index (χ1n) is 9.72. The van der Waals surface area contributed by atoms with E-state index >= 15 is 0 Å². The molecule has 2 aromatic rings. The minimum absolute atomic E-state index is 0.102. The number of piperazine rings is 1. The number of sulfonamides is 2. The van der Waals surface area contributed by atoms with E-state index in [0.29, 0.717) is 36.9 Å². The van der Waals surface area contributed by atoms with Gasteiger partial charge in [-0.1, -0.05) is 17.8 Å². The van der Waals surface area contributed by atoms with Crippen LogP contribution in [-0.4, -0.2) is 75.4 Å². The molecule has 32 heavy (non-hydrogen) atoms. The zero-order valence-corrected chi connectivity index (χ0v) is 20.1. The van der Waals surface area contributed by atoms with Crippen molar-refractivity contribution in [3.8, 4) is 0 Å². The number of anilines is 1. The molecular formula is C19H25N5O5S3. The van der Waals surface area contributed by atoms with Gasteiger partial charge in [0.15, 0.2) is 0 Å². The van der Waals surface area contributed by atoms with Crippen molar-refractivity contribution in [2.75, 3.05) is 38.5 Å². The van der Waals surface area contributed by atoms with E-state index in [0.717, 1.165) is 11.8 Å². The smallest absolute Gasteiger partial charge is 0.244 e. The summed E-state index contributed by atoms with van der Waals surface area (Å²) in [6.07, 6.45) is 1.30. The first-order valence-corrected chi connectivity index (χ1v) is 13.6. The van der Waals surface area contributed by atoms with E-state index in [-0.39, 0.29) is 15.7 Å². The summed E-state index contributed by atoms with van der Waals surface area (Å²) >= 11 is 1.15. The Labute approximate surface area is 192 Å². The largest absolute Gasteiger partial charge is 0.325 e. The third kappa shape index (κ3) is 6.05. The van der Waals surface area contributed by atoms with Gasteiger partial charge in [-0.15, -0.1) is 0 Å². The quantitative estimate of drug-likeness (QED) is 0.532. The van der Waals surface area contributed by atoms with Crippen molar-refractivity contribution < 1.29 is 21.6 Å². The van der Waals surface area contributed by atoms with Crippen molar-refractivity contribution in [2.24, 2.45) is 5.14 Å². The molecule has 1 aromatic heterocycles. The summed E-state index contributed by atoms with van der Waals surface area (Å²) in [7, 11) is -5.54. The summed E-state index contributed by atoms with van der Waals surface area (Å²) in [4.78, 5) is 18.8. The lowest BCUT2D eigenvalue weighted by molar-refractivity contribution is -0.115.